The summed E-state index contributed by atoms with van der Waals surface area (Å²) < 4.78 is 17.9. The number of halogens is 1. The zero-order chi connectivity index (χ0) is 43.6. The van der Waals surface area contributed by atoms with E-state index in [0.717, 1.165) is 60.7 Å². The molecule has 14 heteroatoms. The lowest BCUT2D eigenvalue weighted by Crippen LogP contribution is -2.39. The number of nitrogens with two attached hydrogens (primary N) is 1. The summed E-state index contributed by atoms with van der Waals surface area (Å²) in [5.41, 5.74) is 8.95. The first-order valence-corrected chi connectivity index (χ1v) is 22.4. The number of aromatic nitrogens is 5. The number of likely N-dealkylation sites (tertiary alicyclic amines) is 1. The van der Waals surface area contributed by atoms with E-state index in [1.54, 1.807) is 42.6 Å². The molecule has 2 amide bonds. The highest BCUT2D eigenvalue weighted by molar-refractivity contribution is 6.02. The maximum Gasteiger partial charge on any atom is 0.255 e. The molecule has 0 bridgehead atoms. The van der Waals surface area contributed by atoms with E-state index in [4.69, 9.17) is 0 Å². The summed E-state index contributed by atoms with van der Waals surface area (Å²) in [7, 11) is 3.45. The van der Waals surface area contributed by atoms with Gasteiger partial charge < -0.3 is 20.7 Å². The van der Waals surface area contributed by atoms with Crippen molar-refractivity contribution < 1.29 is 18.8 Å². The van der Waals surface area contributed by atoms with E-state index in [-0.39, 0.29) is 40.9 Å². The van der Waals surface area contributed by atoms with Crippen molar-refractivity contribution in [3.8, 4) is 16.9 Å². The quantitative estimate of drug-likeness (QED) is 0.103. The van der Waals surface area contributed by atoms with Gasteiger partial charge >= 0.3 is 0 Å². The average molecular weight is 846 g/mol. The topological polar surface area (TPSA) is 170 Å². The molecule has 62 heavy (non-hydrogen) atoms. The molecular formula is C48H60FN9O4. The summed E-state index contributed by atoms with van der Waals surface area (Å²) in [6.45, 7) is 3.70. The molecule has 0 spiro atoms. The second kappa shape index (κ2) is 21.0. The standard InChI is InChI=1S/C25H34N4O2.C22H21FN4O2.CH5N/c1-28-22-15-19(18-11-13-29(14-12-18)16-17-5-3-2-4-6-17)7-8-20(22)24(27-28)21-9-10-23(30)26-25(21)31;23-19-13-24-22(25-17-7-3-5-15(11-17)14-28)26-21(19)16-6-4-8-18(12-16)27-10-2-1-9-20(27)29;1-2/h7-8,15,17-18,21H,2-6,9-14,16H2,1H3,(H,26,30,31);1-2,4,6,8-10,12-15,17H,3,5,7,11H2,(H,24,25,26);2H2,1H3. The van der Waals surface area contributed by atoms with Crippen LogP contribution >= 0.6 is 0 Å². The Labute approximate surface area is 362 Å². The normalized spacial score (nSPS) is 21.3. The SMILES string of the molecule is CN.Cn1nc(C2CCC(=O)NC2=O)c2ccc(C3CCN(CC4CCCCC4)CC3)cc21.O=CC1CCCC(Nc2ncc(F)c(-c3cccc(-n4ccccc4=O)c3)n2)C1. The van der Waals surface area contributed by atoms with Crippen LogP contribution in [0.4, 0.5) is 10.3 Å². The molecule has 3 atom stereocenters. The Morgan fingerprint density at radius 3 is 2.47 bits per heavy atom. The number of aldehydes is 1. The van der Waals surface area contributed by atoms with Gasteiger partial charge in [-0.1, -0.05) is 56.0 Å². The van der Waals surface area contributed by atoms with Crippen molar-refractivity contribution in [3.63, 3.8) is 0 Å². The van der Waals surface area contributed by atoms with Crippen LogP contribution in [-0.2, 0) is 21.4 Å². The first kappa shape index (κ1) is 44.5. The third-order valence-electron chi connectivity index (χ3n) is 13.0. The summed E-state index contributed by atoms with van der Waals surface area (Å²) in [4.78, 5) is 58.2. The Morgan fingerprint density at radius 1 is 0.903 bits per heavy atom. The van der Waals surface area contributed by atoms with Crippen LogP contribution in [0.25, 0.3) is 27.8 Å². The predicted octanol–water partition coefficient (Wildman–Crippen LogP) is 7.03. The predicted molar refractivity (Wildman–Crippen MR) is 239 cm³/mol. The van der Waals surface area contributed by atoms with Gasteiger partial charge in [0, 0.05) is 60.9 Å². The smallest absolute Gasteiger partial charge is 0.255 e. The highest BCUT2D eigenvalue weighted by Gasteiger charge is 2.32. The van der Waals surface area contributed by atoms with Crippen LogP contribution in [0.15, 0.2) is 77.9 Å². The summed E-state index contributed by atoms with van der Waals surface area (Å²) >= 11 is 0. The number of nitrogens with zero attached hydrogens (tertiary/aromatic N) is 6. The summed E-state index contributed by atoms with van der Waals surface area (Å²) in [5.74, 6) is 0.618. The molecule has 4 N–H and O–H groups in total. The van der Waals surface area contributed by atoms with E-state index >= 15 is 0 Å². The first-order valence-electron chi connectivity index (χ1n) is 22.4. The highest BCUT2D eigenvalue weighted by Crippen LogP contribution is 2.35. The van der Waals surface area contributed by atoms with Crippen molar-refractivity contribution in [2.45, 2.75) is 101 Å². The number of rotatable bonds is 9. The monoisotopic (exact) mass is 845 g/mol. The number of carbonyl (C=O) groups excluding carboxylic acids is 3. The maximum atomic E-state index is 14.5. The minimum Gasteiger partial charge on any atom is -0.351 e. The molecule has 2 saturated carbocycles. The number of benzene rings is 2. The Hall–Kier alpha value is -5.60. The Balaban J connectivity index is 0.000000180. The van der Waals surface area contributed by atoms with Crippen molar-refractivity contribution in [2.75, 3.05) is 32.0 Å². The fraction of sp³-hybridized carbons (Fsp3) is 0.479. The lowest BCUT2D eigenvalue weighted by molar-refractivity contribution is -0.134. The van der Waals surface area contributed by atoms with Crippen molar-refractivity contribution in [1.29, 1.82) is 0 Å². The average Bonchev–Trinajstić information content (AvgIpc) is 3.63. The Morgan fingerprint density at radius 2 is 1.71 bits per heavy atom. The van der Waals surface area contributed by atoms with Gasteiger partial charge in [0.25, 0.3) is 5.56 Å². The van der Waals surface area contributed by atoms with Gasteiger partial charge in [-0.25, -0.2) is 14.4 Å². The summed E-state index contributed by atoms with van der Waals surface area (Å²) in [6.07, 6.45) is 17.8. The van der Waals surface area contributed by atoms with E-state index in [1.165, 1.54) is 87.8 Å². The molecule has 4 aliphatic rings. The number of amides is 2. The van der Waals surface area contributed by atoms with Crippen LogP contribution in [0, 0.1) is 17.7 Å². The zero-order valence-electron chi connectivity index (χ0n) is 36.0. The van der Waals surface area contributed by atoms with E-state index in [2.05, 4.69) is 54.5 Å². The second-order valence-corrected chi connectivity index (χ2v) is 17.1. The van der Waals surface area contributed by atoms with Gasteiger partial charge in [-0.05, 0) is 113 Å². The van der Waals surface area contributed by atoms with Gasteiger partial charge in [0.1, 0.15) is 12.0 Å². The van der Waals surface area contributed by atoms with Crippen LogP contribution in [0.3, 0.4) is 0 Å². The number of hydrogen-bond donors (Lipinski definition) is 3. The van der Waals surface area contributed by atoms with Crippen LogP contribution in [0.1, 0.15) is 107 Å². The van der Waals surface area contributed by atoms with Gasteiger partial charge in [0.2, 0.25) is 17.8 Å². The number of nitrogens with one attached hydrogen (secondary N) is 2. The first-order chi connectivity index (χ1) is 30.2. The molecule has 2 saturated heterocycles. The van der Waals surface area contributed by atoms with Crippen LogP contribution in [0.5, 0.6) is 0 Å². The van der Waals surface area contributed by atoms with Gasteiger partial charge in [-0.3, -0.25) is 28.9 Å². The van der Waals surface area contributed by atoms with E-state index < -0.39 is 5.82 Å². The van der Waals surface area contributed by atoms with Crippen LogP contribution in [-0.4, -0.2) is 80.0 Å². The molecule has 2 aliphatic heterocycles. The molecule has 5 heterocycles. The number of carbonyl (C=O) groups is 3. The third kappa shape index (κ3) is 10.7. The van der Waals surface area contributed by atoms with Crippen molar-refractivity contribution in [3.05, 3.63) is 100 Å². The lowest BCUT2D eigenvalue weighted by atomic mass is 9.86. The molecule has 2 aromatic carbocycles. The van der Waals surface area contributed by atoms with E-state index in [9.17, 15) is 23.6 Å². The molecule has 4 fully saturated rings. The molecular weight excluding hydrogens is 786 g/mol. The largest absolute Gasteiger partial charge is 0.351 e. The number of hydrogen-bond acceptors (Lipinski definition) is 10. The van der Waals surface area contributed by atoms with Gasteiger partial charge in [0.15, 0.2) is 5.82 Å². The van der Waals surface area contributed by atoms with Crippen molar-refractivity contribution in [1.82, 2.24) is 34.5 Å². The fourth-order valence-electron chi connectivity index (χ4n) is 9.70. The molecule has 3 unspecified atom stereocenters. The zero-order valence-corrected chi connectivity index (χ0v) is 36.0. The summed E-state index contributed by atoms with van der Waals surface area (Å²) in [6, 6.07) is 18.7. The Bertz CT molecular complexity index is 2380. The van der Waals surface area contributed by atoms with E-state index in [1.807, 2.05) is 11.7 Å². The number of imide groups is 1. The molecule has 328 valence electrons. The van der Waals surface area contributed by atoms with Crippen molar-refractivity contribution >= 4 is 35.0 Å². The third-order valence-corrected chi connectivity index (χ3v) is 13.0. The van der Waals surface area contributed by atoms with Gasteiger partial charge in [-0.2, -0.15) is 5.10 Å². The molecule has 2 aliphatic carbocycles. The fourth-order valence-corrected chi connectivity index (χ4v) is 9.70. The number of anilines is 1. The van der Waals surface area contributed by atoms with E-state index in [0.29, 0.717) is 36.0 Å². The molecule has 13 nitrogen and oxygen atoms in total. The van der Waals surface area contributed by atoms with Gasteiger partial charge in [-0.15, -0.1) is 0 Å². The number of fused-ring (bicyclic) bond motifs is 1. The Kier molecular flexibility index (Phi) is 15.0. The number of piperidine rings is 2. The second-order valence-electron chi connectivity index (χ2n) is 17.1. The van der Waals surface area contributed by atoms with Gasteiger partial charge in [0.05, 0.1) is 23.3 Å². The molecule has 0 radical (unpaired) electrons. The molecule has 9 rings (SSSR count). The van der Waals surface area contributed by atoms with Crippen LogP contribution in [0.2, 0.25) is 0 Å². The molecule has 5 aromatic rings. The van der Waals surface area contributed by atoms with Crippen molar-refractivity contribution in [2.24, 2.45) is 24.6 Å². The summed E-state index contributed by atoms with van der Waals surface area (Å²) in [5, 5.41) is 11.4. The van der Waals surface area contributed by atoms with Crippen LogP contribution < -0.4 is 21.9 Å². The lowest BCUT2D eigenvalue weighted by Gasteiger charge is -2.35. The maximum absolute atomic E-state index is 14.5. The number of aryl methyl sites for hydroxylation is 1. The molecule has 3 aromatic heterocycles. The minimum atomic E-state index is -0.539. The highest BCUT2D eigenvalue weighted by atomic mass is 19.1. The number of pyridine rings is 1. The minimum absolute atomic E-state index is 0.0436.